The highest BCUT2D eigenvalue weighted by Gasteiger charge is 2.09. The summed E-state index contributed by atoms with van der Waals surface area (Å²) in [6.07, 6.45) is 1.23. The fraction of sp³-hybridized carbons (Fsp3) is 0.188. The quantitative estimate of drug-likeness (QED) is 0.659. The summed E-state index contributed by atoms with van der Waals surface area (Å²) in [7, 11) is 1.55. The van der Waals surface area contributed by atoms with Crippen molar-refractivity contribution >= 4 is 11.5 Å². The van der Waals surface area contributed by atoms with Crippen molar-refractivity contribution in [2.75, 3.05) is 12.8 Å². The van der Waals surface area contributed by atoms with Gasteiger partial charge in [0.25, 0.3) is 0 Å². The van der Waals surface area contributed by atoms with Crippen molar-refractivity contribution in [3.63, 3.8) is 0 Å². The molecule has 0 aliphatic heterocycles. The molecule has 2 rings (SSSR count). The molecule has 0 aliphatic rings. The zero-order valence-electron chi connectivity index (χ0n) is 10.9. The van der Waals surface area contributed by atoms with Gasteiger partial charge in [0.1, 0.15) is 5.75 Å². The molecule has 0 spiro atoms. The number of rotatable bonds is 5. The number of methoxy groups -OCH3 is 1. The Labute approximate surface area is 113 Å². The number of ketones is 1. The van der Waals surface area contributed by atoms with Gasteiger partial charge in [0.2, 0.25) is 0 Å². The minimum Gasteiger partial charge on any atom is -0.495 e. The third kappa shape index (κ3) is 3.35. The van der Waals surface area contributed by atoms with Crippen LogP contribution in [-0.4, -0.2) is 12.9 Å². The van der Waals surface area contributed by atoms with E-state index in [4.69, 9.17) is 10.5 Å². The van der Waals surface area contributed by atoms with Gasteiger partial charge in [-0.2, -0.15) is 0 Å². The van der Waals surface area contributed by atoms with Crippen molar-refractivity contribution in [3.05, 3.63) is 59.7 Å². The molecule has 0 atom stereocenters. The summed E-state index contributed by atoms with van der Waals surface area (Å²) >= 11 is 0. The van der Waals surface area contributed by atoms with Crippen molar-refractivity contribution in [2.24, 2.45) is 0 Å². The van der Waals surface area contributed by atoms with E-state index in [9.17, 15) is 4.79 Å². The second-order valence-electron chi connectivity index (χ2n) is 4.37. The smallest absolute Gasteiger partial charge is 0.163 e. The molecule has 98 valence electrons. The first-order chi connectivity index (χ1) is 9.20. The van der Waals surface area contributed by atoms with Crippen molar-refractivity contribution in [1.29, 1.82) is 0 Å². The number of anilines is 1. The lowest BCUT2D eigenvalue weighted by Gasteiger charge is -2.07. The molecule has 3 nitrogen and oxygen atoms in total. The molecular weight excluding hydrogens is 238 g/mol. The number of ether oxygens (including phenoxy) is 1. The molecule has 3 heteroatoms. The number of aryl methyl sites for hydroxylation is 1. The van der Waals surface area contributed by atoms with E-state index in [0.29, 0.717) is 23.4 Å². The molecule has 0 amide bonds. The number of nitrogens with two attached hydrogens (primary N) is 1. The van der Waals surface area contributed by atoms with Gasteiger partial charge in [0.15, 0.2) is 5.78 Å². The molecule has 0 radical (unpaired) electrons. The van der Waals surface area contributed by atoms with Crippen LogP contribution in [0.4, 0.5) is 5.69 Å². The van der Waals surface area contributed by atoms with Gasteiger partial charge >= 0.3 is 0 Å². The first kappa shape index (κ1) is 13.1. The summed E-state index contributed by atoms with van der Waals surface area (Å²) in [5, 5.41) is 0. The molecule has 0 saturated carbocycles. The number of carbonyl (C=O) groups excluding carboxylic acids is 1. The monoisotopic (exact) mass is 255 g/mol. The van der Waals surface area contributed by atoms with Crippen LogP contribution in [-0.2, 0) is 6.42 Å². The minimum absolute atomic E-state index is 0.0992. The standard InChI is InChI=1S/C16H17NO2/c1-19-16-11-13(8-9-14(16)17)15(18)10-7-12-5-3-2-4-6-12/h2-6,8-9,11H,7,10,17H2,1H3. The fourth-order valence-corrected chi connectivity index (χ4v) is 1.93. The maximum atomic E-state index is 12.1. The van der Waals surface area contributed by atoms with Gasteiger partial charge in [-0.15, -0.1) is 0 Å². The lowest BCUT2D eigenvalue weighted by Crippen LogP contribution is -2.03. The number of nitrogen functional groups attached to an aromatic ring is 1. The molecule has 0 aromatic heterocycles. The Kier molecular flexibility index (Phi) is 4.18. The first-order valence-corrected chi connectivity index (χ1v) is 6.21. The summed E-state index contributed by atoms with van der Waals surface area (Å²) in [6.45, 7) is 0. The predicted octanol–water partition coefficient (Wildman–Crippen LogP) is 3.09. The molecule has 2 aromatic carbocycles. The zero-order valence-corrected chi connectivity index (χ0v) is 10.9. The molecule has 0 aliphatic carbocycles. The van der Waals surface area contributed by atoms with E-state index in [0.717, 1.165) is 6.42 Å². The summed E-state index contributed by atoms with van der Waals surface area (Å²) in [6, 6.07) is 15.1. The normalized spacial score (nSPS) is 10.2. The molecule has 0 fully saturated rings. The van der Waals surface area contributed by atoms with E-state index in [1.807, 2.05) is 30.3 Å². The minimum atomic E-state index is 0.0992. The topological polar surface area (TPSA) is 52.3 Å². The Hall–Kier alpha value is -2.29. The molecule has 0 heterocycles. The highest BCUT2D eigenvalue weighted by atomic mass is 16.5. The Morgan fingerprint density at radius 3 is 2.58 bits per heavy atom. The molecule has 2 aromatic rings. The van der Waals surface area contributed by atoms with Gasteiger partial charge in [-0.05, 0) is 30.2 Å². The van der Waals surface area contributed by atoms with E-state index in [-0.39, 0.29) is 5.78 Å². The number of hydrogen-bond donors (Lipinski definition) is 1. The second kappa shape index (κ2) is 6.05. The highest BCUT2D eigenvalue weighted by molar-refractivity contribution is 5.97. The summed E-state index contributed by atoms with van der Waals surface area (Å²) in [4.78, 5) is 12.1. The van der Waals surface area contributed by atoms with Crippen LogP contribution in [0, 0.1) is 0 Å². The van der Waals surface area contributed by atoms with Crippen LogP contribution in [0.5, 0.6) is 5.75 Å². The lowest BCUT2D eigenvalue weighted by molar-refractivity contribution is 0.0982. The Morgan fingerprint density at radius 2 is 1.89 bits per heavy atom. The third-order valence-corrected chi connectivity index (χ3v) is 3.04. The van der Waals surface area contributed by atoms with Crippen molar-refractivity contribution in [1.82, 2.24) is 0 Å². The molecule has 0 saturated heterocycles. The maximum Gasteiger partial charge on any atom is 0.163 e. The van der Waals surface area contributed by atoms with Gasteiger partial charge in [0.05, 0.1) is 12.8 Å². The molecule has 0 unspecified atom stereocenters. The third-order valence-electron chi connectivity index (χ3n) is 3.04. The largest absolute Gasteiger partial charge is 0.495 e. The number of carbonyl (C=O) groups is 1. The van der Waals surface area contributed by atoms with E-state index < -0.39 is 0 Å². The molecule has 19 heavy (non-hydrogen) atoms. The van der Waals surface area contributed by atoms with Gasteiger partial charge in [-0.3, -0.25) is 4.79 Å². The van der Waals surface area contributed by atoms with E-state index in [1.165, 1.54) is 5.56 Å². The number of Topliss-reactive ketones (excluding diaryl/α,β-unsaturated/α-hetero) is 1. The van der Waals surface area contributed by atoms with Crippen LogP contribution in [0.3, 0.4) is 0 Å². The SMILES string of the molecule is COc1cc(C(=O)CCc2ccccc2)ccc1N. The number of hydrogen-bond acceptors (Lipinski definition) is 3. The van der Waals surface area contributed by atoms with Crippen LogP contribution < -0.4 is 10.5 Å². The summed E-state index contributed by atoms with van der Waals surface area (Å²) in [5.74, 6) is 0.646. The van der Waals surface area contributed by atoms with Crippen molar-refractivity contribution in [2.45, 2.75) is 12.8 Å². The second-order valence-corrected chi connectivity index (χ2v) is 4.37. The van der Waals surface area contributed by atoms with E-state index in [1.54, 1.807) is 25.3 Å². The summed E-state index contributed by atoms with van der Waals surface area (Å²) in [5.41, 5.74) is 8.08. The van der Waals surface area contributed by atoms with Crippen LogP contribution in [0.25, 0.3) is 0 Å². The van der Waals surface area contributed by atoms with E-state index >= 15 is 0 Å². The van der Waals surface area contributed by atoms with Crippen molar-refractivity contribution < 1.29 is 9.53 Å². The van der Waals surface area contributed by atoms with Gasteiger partial charge in [-0.25, -0.2) is 0 Å². The van der Waals surface area contributed by atoms with Crippen LogP contribution in [0.1, 0.15) is 22.3 Å². The predicted molar refractivity (Wildman–Crippen MR) is 76.5 cm³/mol. The summed E-state index contributed by atoms with van der Waals surface area (Å²) < 4.78 is 5.12. The fourth-order valence-electron chi connectivity index (χ4n) is 1.93. The van der Waals surface area contributed by atoms with Gasteiger partial charge < -0.3 is 10.5 Å². The van der Waals surface area contributed by atoms with Gasteiger partial charge in [-0.1, -0.05) is 30.3 Å². The molecular formula is C16H17NO2. The lowest BCUT2D eigenvalue weighted by atomic mass is 10.0. The van der Waals surface area contributed by atoms with Crippen molar-refractivity contribution in [3.8, 4) is 5.75 Å². The van der Waals surface area contributed by atoms with Crippen LogP contribution in [0.15, 0.2) is 48.5 Å². The maximum absolute atomic E-state index is 12.1. The molecule has 0 bridgehead atoms. The van der Waals surface area contributed by atoms with Crippen LogP contribution >= 0.6 is 0 Å². The number of benzene rings is 2. The average Bonchev–Trinajstić information content (AvgIpc) is 2.46. The highest BCUT2D eigenvalue weighted by Crippen LogP contribution is 2.23. The zero-order chi connectivity index (χ0) is 13.7. The van der Waals surface area contributed by atoms with Crippen LogP contribution in [0.2, 0.25) is 0 Å². The molecule has 2 N–H and O–H groups in total. The Balaban J connectivity index is 2.04. The first-order valence-electron chi connectivity index (χ1n) is 6.21. The van der Waals surface area contributed by atoms with E-state index in [2.05, 4.69) is 0 Å². The average molecular weight is 255 g/mol. The Morgan fingerprint density at radius 1 is 1.16 bits per heavy atom. The Bertz CT molecular complexity index is 564. The van der Waals surface area contributed by atoms with Gasteiger partial charge in [0, 0.05) is 12.0 Å².